The van der Waals surface area contributed by atoms with Crippen LogP contribution in [0.3, 0.4) is 0 Å². The van der Waals surface area contributed by atoms with Crippen molar-refractivity contribution in [3.8, 4) is 0 Å². The smallest absolute Gasteiger partial charge is 0.249 e. The Bertz CT molecular complexity index is 409. The molecule has 0 aliphatic carbocycles. The summed E-state index contributed by atoms with van der Waals surface area (Å²) in [5.41, 5.74) is 0.198. The predicted octanol–water partition coefficient (Wildman–Crippen LogP) is 0.992. The van der Waals surface area contributed by atoms with Crippen molar-refractivity contribution in [3.63, 3.8) is 0 Å². The molecule has 1 aromatic rings. The summed E-state index contributed by atoms with van der Waals surface area (Å²) in [6, 6.07) is 5.03. The van der Waals surface area contributed by atoms with E-state index in [1.165, 1.54) is 18.2 Å². The van der Waals surface area contributed by atoms with E-state index in [9.17, 15) is 19.4 Å². The Kier molecular flexibility index (Phi) is 5.25. The van der Waals surface area contributed by atoms with Crippen LogP contribution in [0.25, 0.3) is 0 Å². The van der Waals surface area contributed by atoms with Crippen molar-refractivity contribution in [2.75, 3.05) is 6.61 Å². The Morgan fingerprint density at radius 1 is 1.39 bits per heavy atom. The molecule has 0 saturated carbocycles. The number of nitrogens with one attached hydrogen (secondary N) is 1. The summed E-state index contributed by atoms with van der Waals surface area (Å²) in [6.45, 7) is 2.96. The molecule has 1 rings (SSSR count). The molecule has 1 aromatic carbocycles. The van der Waals surface area contributed by atoms with Crippen LogP contribution >= 0.6 is 0 Å². The van der Waals surface area contributed by atoms with Crippen molar-refractivity contribution in [1.82, 2.24) is 5.32 Å². The van der Waals surface area contributed by atoms with Crippen LogP contribution in [0.1, 0.15) is 25.5 Å². The van der Waals surface area contributed by atoms with Gasteiger partial charge in [0.15, 0.2) is 0 Å². The fraction of sp³-hybridized carbons (Fsp3) is 0.462. The third-order valence-corrected chi connectivity index (χ3v) is 2.68. The maximum atomic E-state index is 13.5. The maximum absolute atomic E-state index is 13.5. The van der Waals surface area contributed by atoms with Gasteiger partial charge in [-0.05, 0) is 12.0 Å². The molecule has 5 heteroatoms. The van der Waals surface area contributed by atoms with E-state index in [0.717, 1.165) is 0 Å². The summed E-state index contributed by atoms with van der Waals surface area (Å²) in [5.74, 6) is -1.37. The molecule has 0 aromatic heterocycles. The first-order chi connectivity index (χ1) is 8.47. The molecular weight excluding hydrogens is 237 g/mol. The fourth-order valence-electron chi connectivity index (χ4n) is 1.54. The van der Waals surface area contributed by atoms with Gasteiger partial charge in [-0.2, -0.15) is 0 Å². The quantitative estimate of drug-likeness (QED) is 0.735. The van der Waals surface area contributed by atoms with Crippen LogP contribution in [0.5, 0.6) is 0 Å². The minimum Gasteiger partial charge on any atom is -0.394 e. The molecule has 1 amide bonds. The monoisotopic (exact) mass is 255 g/mol. The lowest BCUT2D eigenvalue weighted by molar-refractivity contribution is -0.132. The highest BCUT2D eigenvalue weighted by Crippen LogP contribution is 2.16. The average Bonchev–Trinajstić information content (AvgIpc) is 2.35. The number of carbonyl (C=O) groups excluding carboxylic acids is 1. The molecule has 18 heavy (non-hydrogen) atoms. The van der Waals surface area contributed by atoms with E-state index in [0.29, 0.717) is 0 Å². The van der Waals surface area contributed by atoms with Crippen LogP contribution in [0.15, 0.2) is 24.3 Å². The van der Waals surface area contributed by atoms with Crippen molar-refractivity contribution >= 4 is 5.91 Å². The number of carbonyl (C=O) groups is 1. The molecule has 0 aliphatic rings. The fourth-order valence-corrected chi connectivity index (χ4v) is 1.54. The van der Waals surface area contributed by atoms with E-state index in [2.05, 4.69) is 5.32 Å². The predicted molar refractivity (Wildman–Crippen MR) is 65.2 cm³/mol. The van der Waals surface area contributed by atoms with Crippen LogP contribution in [0, 0.1) is 11.7 Å². The first-order valence-corrected chi connectivity index (χ1v) is 5.81. The van der Waals surface area contributed by atoms with E-state index in [1.54, 1.807) is 19.9 Å². The highest BCUT2D eigenvalue weighted by Gasteiger charge is 2.23. The molecule has 0 unspecified atom stereocenters. The first-order valence-electron chi connectivity index (χ1n) is 5.81. The lowest BCUT2D eigenvalue weighted by Crippen LogP contribution is -2.41. The van der Waals surface area contributed by atoms with Gasteiger partial charge in [-0.1, -0.05) is 32.0 Å². The Morgan fingerprint density at radius 3 is 2.50 bits per heavy atom. The number of aliphatic hydroxyl groups is 2. The summed E-state index contributed by atoms with van der Waals surface area (Å²) in [7, 11) is 0. The number of amides is 1. The van der Waals surface area contributed by atoms with Gasteiger partial charge in [0.05, 0.1) is 12.6 Å². The normalized spacial score (nSPS) is 14.3. The summed E-state index contributed by atoms with van der Waals surface area (Å²) >= 11 is 0. The molecule has 0 heterocycles. The number of aliphatic hydroxyl groups excluding tert-OH is 2. The highest BCUT2D eigenvalue weighted by atomic mass is 19.1. The largest absolute Gasteiger partial charge is 0.394 e. The van der Waals surface area contributed by atoms with Crippen LogP contribution in [-0.2, 0) is 4.79 Å². The highest BCUT2D eigenvalue weighted by molar-refractivity contribution is 5.81. The summed E-state index contributed by atoms with van der Waals surface area (Å²) < 4.78 is 13.5. The van der Waals surface area contributed by atoms with Crippen LogP contribution in [0.2, 0.25) is 0 Å². The van der Waals surface area contributed by atoms with E-state index >= 15 is 0 Å². The zero-order valence-corrected chi connectivity index (χ0v) is 10.4. The standard InChI is InChI=1S/C13H18FNO3/c1-8(2)12(17)13(18)15-11(7-16)9-5-3-4-6-10(9)14/h3-6,8,11-12,16-17H,7H2,1-2H3,(H,15,18)/t11-,12+/m1/s1. The number of hydrogen-bond donors (Lipinski definition) is 3. The Morgan fingerprint density at radius 2 is 2.00 bits per heavy atom. The second-order valence-electron chi connectivity index (χ2n) is 4.45. The van der Waals surface area contributed by atoms with Gasteiger partial charge in [-0.15, -0.1) is 0 Å². The topological polar surface area (TPSA) is 69.6 Å². The number of benzene rings is 1. The molecule has 0 fully saturated rings. The van der Waals surface area contributed by atoms with Crippen LogP contribution in [-0.4, -0.2) is 28.8 Å². The number of halogens is 1. The van der Waals surface area contributed by atoms with Crippen molar-refractivity contribution in [2.24, 2.45) is 5.92 Å². The molecule has 0 saturated heterocycles. The third kappa shape index (κ3) is 3.51. The molecule has 2 atom stereocenters. The number of hydrogen-bond acceptors (Lipinski definition) is 3. The first kappa shape index (κ1) is 14.6. The zero-order chi connectivity index (χ0) is 13.7. The third-order valence-electron chi connectivity index (χ3n) is 2.68. The van der Waals surface area contributed by atoms with Crippen molar-refractivity contribution in [2.45, 2.75) is 26.0 Å². The molecule has 100 valence electrons. The zero-order valence-electron chi connectivity index (χ0n) is 10.4. The molecule has 0 spiro atoms. The SMILES string of the molecule is CC(C)[C@H](O)C(=O)N[C@H](CO)c1ccccc1F. The van der Waals surface area contributed by atoms with Gasteiger partial charge in [-0.25, -0.2) is 4.39 Å². The van der Waals surface area contributed by atoms with Gasteiger partial charge in [0.25, 0.3) is 0 Å². The van der Waals surface area contributed by atoms with Crippen molar-refractivity contribution < 1.29 is 19.4 Å². The molecule has 0 aliphatic heterocycles. The second kappa shape index (κ2) is 6.47. The van der Waals surface area contributed by atoms with E-state index < -0.39 is 30.5 Å². The minimum atomic E-state index is -1.18. The van der Waals surface area contributed by atoms with E-state index in [1.807, 2.05) is 0 Å². The van der Waals surface area contributed by atoms with E-state index in [-0.39, 0.29) is 11.5 Å². The van der Waals surface area contributed by atoms with Crippen molar-refractivity contribution in [3.05, 3.63) is 35.6 Å². The number of rotatable bonds is 5. The molecule has 0 radical (unpaired) electrons. The summed E-state index contributed by atoms with van der Waals surface area (Å²) in [4.78, 5) is 11.6. The molecular formula is C13H18FNO3. The molecule has 4 nitrogen and oxygen atoms in total. The van der Waals surface area contributed by atoms with Gasteiger partial charge < -0.3 is 15.5 Å². The summed E-state index contributed by atoms with van der Waals surface area (Å²) in [5, 5.41) is 21.2. The molecule has 3 N–H and O–H groups in total. The maximum Gasteiger partial charge on any atom is 0.249 e. The van der Waals surface area contributed by atoms with Gasteiger partial charge in [0.2, 0.25) is 5.91 Å². The van der Waals surface area contributed by atoms with Gasteiger partial charge in [0.1, 0.15) is 11.9 Å². The molecule has 0 bridgehead atoms. The lowest BCUT2D eigenvalue weighted by Gasteiger charge is -2.21. The van der Waals surface area contributed by atoms with Gasteiger partial charge >= 0.3 is 0 Å². The van der Waals surface area contributed by atoms with Crippen LogP contribution in [0.4, 0.5) is 4.39 Å². The second-order valence-corrected chi connectivity index (χ2v) is 4.45. The van der Waals surface area contributed by atoms with Gasteiger partial charge in [-0.3, -0.25) is 4.79 Å². The Labute approximate surface area is 105 Å². The van der Waals surface area contributed by atoms with Gasteiger partial charge in [0, 0.05) is 5.56 Å². The summed E-state index contributed by atoms with van der Waals surface area (Å²) in [6.07, 6.45) is -1.18. The van der Waals surface area contributed by atoms with Crippen molar-refractivity contribution in [1.29, 1.82) is 0 Å². The van der Waals surface area contributed by atoms with E-state index in [4.69, 9.17) is 0 Å². The Balaban J connectivity index is 2.80. The minimum absolute atomic E-state index is 0.198. The Hall–Kier alpha value is -1.46. The average molecular weight is 255 g/mol. The van der Waals surface area contributed by atoms with Crippen LogP contribution < -0.4 is 5.32 Å². The lowest BCUT2D eigenvalue weighted by atomic mass is 10.0.